The monoisotopic (exact) mass is 424 g/mol. The molecule has 2 saturated heterocycles. The molecule has 1 saturated carbocycles. The van der Waals surface area contributed by atoms with Crippen LogP contribution in [0.3, 0.4) is 0 Å². The third-order valence-corrected chi connectivity index (χ3v) is 7.15. The van der Waals surface area contributed by atoms with E-state index in [0.717, 1.165) is 29.7 Å². The SMILES string of the molecule is OCC1(c2ccc(-c3nc4cc(CC5COC6C(O)COC56)[nH]c4cc3F)cc2)CC1. The lowest BCUT2D eigenvalue weighted by Crippen LogP contribution is -2.29. The first-order chi connectivity index (χ1) is 15.1. The normalized spacial score (nSPS) is 28.9. The molecular weight excluding hydrogens is 399 g/mol. The summed E-state index contributed by atoms with van der Waals surface area (Å²) in [6, 6.07) is 11.2. The summed E-state index contributed by atoms with van der Waals surface area (Å²) in [5.41, 5.74) is 4.37. The van der Waals surface area contributed by atoms with Crippen LogP contribution in [0.4, 0.5) is 4.39 Å². The van der Waals surface area contributed by atoms with E-state index in [1.165, 1.54) is 6.07 Å². The number of aromatic nitrogens is 2. The highest BCUT2D eigenvalue weighted by Crippen LogP contribution is 2.47. The number of nitrogens with zero attached hydrogens (tertiary/aromatic N) is 1. The molecule has 6 rings (SSSR count). The molecule has 6 nitrogen and oxygen atoms in total. The van der Waals surface area contributed by atoms with Crippen LogP contribution in [-0.2, 0) is 21.3 Å². The maximum Gasteiger partial charge on any atom is 0.151 e. The predicted molar refractivity (Wildman–Crippen MR) is 112 cm³/mol. The summed E-state index contributed by atoms with van der Waals surface area (Å²) in [6.45, 7) is 0.998. The average Bonchev–Trinajstić information content (AvgIpc) is 3.12. The van der Waals surface area contributed by atoms with Gasteiger partial charge in [-0.2, -0.15) is 0 Å². The number of nitrogens with one attached hydrogen (secondary N) is 1. The Morgan fingerprint density at radius 1 is 1.10 bits per heavy atom. The Labute approximate surface area is 179 Å². The molecule has 1 aromatic carbocycles. The van der Waals surface area contributed by atoms with E-state index < -0.39 is 6.10 Å². The van der Waals surface area contributed by atoms with Gasteiger partial charge in [-0.3, -0.25) is 0 Å². The van der Waals surface area contributed by atoms with Gasteiger partial charge in [0, 0.05) is 28.7 Å². The van der Waals surface area contributed by atoms with Gasteiger partial charge in [-0.25, -0.2) is 9.37 Å². The molecule has 0 radical (unpaired) electrons. The van der Waals surface area contributed by atoms with Gasteiger partial charge in [-0.15, -0.1) is 0 Å². The zero-order valence-corrected chi connectivity index (χ0v) is 17.1. The molecule has 2 aliphatic heterocycles. The molecule has 4 atom stereocenters. The fourth-order valence-corrected chi connectivity index (χ4v) is 5.09. The second-order valence-corrected chi connectivity index (χ2v) is 9.19. The van der Waals surface area contributed by atoms with Crippen molar-refractivity contribution in [3.63, 3.8) is 0 Å². The zero-order valence-electron chi connectivity index (χ0n) is 17.1. The molecular formula is C24H25FN2O4. The second-order valence-electron chi connectivity index (χ2n) is 9.19. The number of ether oxygens (including phenoxy) is 2. The molecule has 3 aromatic rings. The smallest absolute Gasteiger partial charge is 0.151 e. The van der Waals surface area contributed by atoms with Crippen molar-refractivity contribution < 1.29 is 24.1 Å². The lowest BCUT2D eigenvalue weighted by molar-refractivity contribution is 0.0169. The van der Waals surface area contributed by atoms with E-state index in [1.807, 2.05) is 30.3 Å². The largest absolute Gasteiger partial charge is 0.395 e. The zero-order chi connectivity index (χ0) is 21.2. The molecule has 1 aliphatic carbocycles. The number of rotatable bonds is 5. The Hall–Kier alpha value is -2.32. The van der Waals surface area contributed by atoms with Crippen LogP contribution in [0.2, 0.25) is 0 Å². The van der Waals surface area contributed by atoms with Crippen LogP contribution in [0.5, 0.6) is 0 Å². The van der Waals surface area contributed by atoms with Crippen LogP contribution in [0.25, 0.3) is 22.3 Å². The van der Waals surface area contributed by atoms with Crippen molar-refractivity contribution in [3.8, 4) is 11.3 Å². The van der Waals surface area contributed by atoms with Crippen LogP contribution in [0, 0.1) is 11.7 Å². The first kappa shape index (κ1) is 19.4. The van der Waals surface area contributed by atoms with Gasteiger partial charge in [-0.05, 0) is 30.9 Å². The minimum absolute atomic E-state index is 0.103. The van der Waals surface area contributed by atoms with Gasteiger partial charge in [0.25, 0.3) is 0 Å². The number of aliphatic hydroxyl groups is 2. The van der Waals surface area contributed by atoms with E-state index in [0.29, 0.717) is 36.4 Å². The summed E-state index contributed by atoms with van der Waals surface area (Å²) in [5, 5.41) is 19.5. The molecule has 3 N–H and O–H groups in total. The van der Waals surface area contributed by atoms with Crippen LogP contribution in [-0.4, -0.2) is 58.3 Å². The lowest BCUT2D eigenvalue weighted by Gasteiger charge is -2.14. The maximum atomic E-state index is 14.9. The van der Waals surface area contributed by atoms with Crippen LogP contribution in [0.1, 0.15) is 24.1 Å². The first-order valence-electron chi connectivity index (χ1n) is 10.9. The number of pyridine rings is 1. The summed E-state index contributed by atoms with van der Waals surface area (Å²) in [5.74, 6) is -0.225. The average molecular weight is 424 g/mol. The number of benzene rings is 1. The number of hydrogen-bond acceptors (Lipinski definition) is 5. The fraction of sp³-hybridized carbons (Fsp3) is 0.458. The predicted octanol–water partition coefficient (Wildman–Crippen LogP) is 2.71. The molecule has 3 fully saturated rings. The molecule has 0 spiro atoms. The quantitative estimate of drug-likeness (QED) is 0.586. The summed E-state index contributed by atoms with van der Waals surface area (Å²) in [6.07, 6.45) is 1.76. The molecule has 4 unspecified atom stereocenters. The van der Waals surface area contributed by atoms with Crippen molar-refractivity contribution >= 4 is 11.0 Å². The van der Waals surface area contributed by atoms with Gasteiger partial charge in [0.2, 0.25) is 0 Å². The van der Waals surface area contributed by atoms with Crippen molar-refractivity contribution in [1.82, 2.24) is 9.97 Å². The topological polar surface area (TPSA) is 87.6 Å². The Morgan fingerprint density at radius 3 is 2.61 bits per heavy atom. The number of aromatic amines is 1. The van der Waals surface area contributed by atoms with Gasteiger partial charge >= 0.3 is 0 Å². The standard InChI is InChI=1S/C24H25FN2O4/c25-17-9-19-18(8-16(26-19)7-14-10-30-23-20(29)11-31-22(14)23)27-21(17)13-1-3-15(4-2-13)24(12-28)5-6-24/h1-4,8-9,14,20,22-23,26,28-29H,5-7,10-12H2. The van der Waals surface area contributed by atoms with Gasteiger partial charge < -0.3 is 24.7 Å². The summed E-state index contributed by atoms with van der Waals surface area (Å²) in [7, 11) is 0. The van der Waals surface area contributed by atoms with Crippen LogP contribution < -0.4 is 0 Å². The molecule has 31 heavy (non-hydrogen) atoms. The Balaban J connectivity index is 1.26. The number of hydrogen-bond donors (Lipinski definition) is 3. The van der Waals surface area contributed by atoms with E-state index in [4.69, 9.17) is 9.47 Å². The van der Waals surface area contributed by atoms with E-state index in [2.05, 4.69) is 9.97 Å². The fourth-order valence-electron chi connectivity index (χ4n) is 5.09. The van der Waals surface area contributed by atoms with Crippen molar-refractivity contribution in [2.24, 2.45) is 5.92 Å². The van der Waals surface area contributed by atoms with Gasteiger partial charge in [0.15, 0.2) is 5.82 Å². The molecule has 3 aliphatic rings. The molecule has 4 heterocycles. The Morgan fingerprint density at radius 2 is 1.87 bits per heavy atom. The highest BCUT2D eigenvalue weighted by Gasteiger charge is 2.47. The summed E-state index contributed by atoms with van der Waals surface area (Å²) < 4.78 is 26.3. The number of aliphatic hydroxyl groups excluding tert-OH is 2. The Kier molecular flexibility index (Phi) is 4.44. The Bertz CT molecular complexity index is 1120. The third kappa shape index (κ3) is 3.19. The minimum atomic E-state index is -0.561. The molecule has 7 heteroatoms. The highest BCUT2D eigenvalue weighted by atomic mass is 19.1. The van der Waals surface area contributed by atoms with Gasteiger partial charge in [0.05, 0.1) is 37.0 Å². The summed E-state index contributed by atoms with van der Waals surface area (Å²) >= 11 is 0. The van der Waals surface area contributed by atoms with E-state index >= 15 is 0 Å². The number of halogens is 1. The van der Waals surface area contributed by atoms with Gasteiger partial charge in [-0.1, -0.05) is 24.3 Å². The van der Waals surface area contributed by atoms with Crippen molar-refractivity contribution in [3.05, 3.63) is 53.5 Å². The van der Waals surface area contributed by atoms with E-state index in [-0.39, 0.29) is 36.0 Å². The van der Waals surface area contributed by atoms with E-state index in [1.54, 1.807) is 0 Å². The molecule has 0 bridgehead atoms. The van der Waals surface area contributed by atoms with E-state index in [9.17, 15) is 14.6 Å². The second kappa shape index (κ2) is 7.10. The van der Waals surface area contributed by atoms with Gasteiger partial charge in [0.1, 0.15) is 17.9 Å². The van der Waals surface area contributed by atoms with Crippen LogP contribution in [0.15, 0.2) is 36.4 Å². The molecule has 2 aromatic heterocycles. The van der Waals surface area contributed by atoms with Crippen molar-refractivity contribution in [1.29, 1.82) is 0 Å². The lowest BCUT2D eigenvalue weighted by atomic mass is 9.95. The third-order valence-electron chi connectivity index (χ3n) is 7.15. The van der Waals surface area contributed by atoms with Crippen LogP contribution >= 0.6 is 0 Å². The van der Waals surface area contributed by atoms with Crippen molar-refractivity contribution in [2.75, 3.05) is 19.8 Å². The minimum Gasteiger partial charge on any atom is -0.395 e. The highest BCUT2D eigenvalue weighted by molar-refractivity contribution is 5.80. The molecule has 162 valence electrons. The van der Waals surface area contributed by atoms with Crippen molar-refractivity contribution in [2.45, 2.75) is 43.0 Å². The number of H-pyrrole nitrogens is 1. The maximum absolute atomic E-state index is 14.9. The molecule has 0 amide bonds. The first-order valence-corrected chi connectivity index (χ1v) is 10.9. The summed E-state index contributed by atoms with van der Waals surface area (Å²) in [4.78, 5) is 7.86. The number of fused-ring (bicyclic) bond motifs is 2.